The van der Waals surface area contributed by atoms with Gasteiger partial charge >= 0.3 is 0 Å². The minimum atomic E-state index is -3.04. The fourth-order valence-electron chi connectivity index (χ4n) is 3.39. The van der Waals surface area contributed by atoms with Crippen LogP contribution in [0.3, 0.4) is 0 Å². The Kier molecular flexibility index (Phi) is 4.14. The van der Waals surface area contributed by atoms with Gasteiger partial charge in [-0.15, -0.1) is 0 Å². The molecule has 0 saturated carbocycles. The molecule has 3 heterocycles. The van der Waals surface area contributed by atoms with Crippen molar-refractivity contribution < 1.29 is 17.9 Å². The lowest BCUT2D eigenvalue weighted by molar-refractivity contribution is -0.126. The first-order chi connectivity index (χ1) is 11.5. The summed E-state index contributed by atoms with van der Waals surface area (Å²) in [7, 11) is -3.04. The molecule has 4 rings (SSSR count). The van der Waals surface area contributed by atoms with Crippen molar-refractivity contribution in [2.24, 2.45) is 4.99 Å². The van der Waals surface area contributed by atoms with E-state index in [9.17, 15) is 13.2 Å². The maximum atomic E-state index is 12.4. The van der Waals surface area contributed by atoms with Crippen molar-refractivity contribution in [1.29, 1.82) is 0 Å². The van der Waals surface area contributed by atoms with Crippen LogP contribution in [0.5, 0.6) is 0 Å². The van der Waals surface area contributed by atoms with Gasteiger partial charge in [-0.1, -0.05) is 30.0 Å². The quantitative estimate of drug-likeness (QED) is 0.789. The molecule has 3 aliphatic rings. The largest absolute Gasteiger partial charge is 0.368 e. The van der Waals surface area contributed by atoms with E-state index in [2.05, 4.69) is 4.99 Å². The highest BCUT2D eigenvalue weighted by molar-refractivity contribution is 8.16. The molecule has 3 atom stereocenters. The van der Waals surface area contributed by atoms with E-state index in [1.165, 1.54) is 11.8 Å². The van der Waals surface area contributed by atoms with Crippen molar-refractivity contribution in [2.75, 3.05) is 23.0 Å². The van der Waals surface area contributed by atoms with E-state index in [1.54, 1.807) is 0 Å². The summed E-state index contributed by atoms with van der Waals surface area (Å²) < 4.78 is 29.4. The Labute approximate surface area is 145 Å². The second-order valence-electron chi connectivity index (χ2n) is 6.24. The van der Waals surface area contributed by atoms with Gasteiger partial charge in [-0.25, -0.2) is 8.42 Å². The summed E-state index contributed by atoms with van der Waals surface area (Å²) in [5.74, 6) is -0.0235. The number of aliphatic imine (C=N–C) groups is 1. The van der Waals surface area contributed by atoms with Gasteiger partial charge in [-0.05, 0) is 25.0 Å². The normalized spacial score (nSPS) is 33.1. The van der Waals surface area contributed by atoms with Gasteiger partial charge in [0.1, 0.15) is 6.10 Å². The molecule has 3 fully saturated rings. The topological polar surface area (TPSA) is 76.0 Å². The standard InChI is InChI=1S/C16H18N2O4S2/c19-15(13-7-4-8-22-13)17-16-18(11-5-2-1-3-6-11)12-9-24(20,21)10-14(12)23-16/h1-3,5-6,12-14H,4,7-10H2/t12-,13+,14-/m0/s1. The average molecular weight is 366 g/mol. The van der Waals surface area contributed by atoms with E-state index in [-0.39, 0.29) is 28.7 Å². The molecule has 1 aromatic carbocycles. The lowest BCUT2D eigenvalue weighted by Gasteiger charge is -2.24. The zero-order valence-electron chi connectivity index (χ0n) is 13.0. The molecule has 6 nitrogen and oxygen atoms in total. The van der Waals surface area contributed by atoms with Gasteiger partial charge < -0.3 is 9.64 Å². The molecule has 0 spiro atoms. The number of nitrogens with zero attached hydrogens (tertiary/aromatic N) is 2. The Bertz CT molecular complexity index is 773. The number of hydrogen-bond acceptors (Lipinski definition) is 5. The lowest BCUT2D eigenvalue weighted by Crippen LogP contribution is -2.38. The molecule has 3 aliphatic heterocycles. The number of carbonyl (C=O) groups excluding carboxylic acids is 1. The molecule has 1 aromatic rings. The Morgan fingerprint density at radius 1 is 1.25 bits per heavy atom. The maximum absolute atomic E-state index is 12.4. The number of sulfone groups is 1. The number of para-hydroxylation sites is 1. The third-order valence-electron chi connectivity index (χ3n) is 4.51. The Hall–Kier alpha value is -1.38. The van der Waals surface area contributed by atoms with E-state index in [0.717, 1.165) is 12.1 Å². The van der Waals surface area contributed by atoms with Gasteiger partial charge in [0, 0.05) is 17.5 Å². The average Bonchev–Trinajstić information content (AvgIpc) is 3.22. The van der Waals surface area contributed by atoms with E-state index < -0.39 is 15.9 Å². The minimum absolute atomic E-state index is 0.0775. The van der Waals surface area contributed by atoms with Crippen LogP contribution in [0.1, 0.15) is 12.8 Å². The van der Waals surface area contributed by atoms with Crippen LogP contribution in [0.2, 0.25) is 0 Å². The highest BCUT2D eigenvalue weighted by atomic mass is 32.2. The van der Waals surface area contributed by atoms with E-state index in [0.29, 0.717) is 18.2 Å². The predicted octanol–water partition coefficient (Wildman–Crippen LogP) is 1.47. The first kappa shape index (κ1) is 16.1. The second-order valence-corrected chi connectivity index (χ2v) is 9.60. The summed E-state index contributed by atoms with van der Waals surface area (Å²) in [5.41, 5.74) is 0.869. The molecule has 8 heteroatoms. The van der Waals surface area contributed by atoms with Crippen LogP contribution in [-0.2, 0) is 19.4 Å². The second kappa shape index (κ2) is 6.16. The first-order valence-electron chi connectivity index (χ1n) is 7.99. The number of anilines is 1. The van der Waals surface area contributed by atoms with E-state index in [1.807, 2.05) is 35.2 Å². The fraction of sp³-hybridized carbons (Fsp3) is 0.500. The summed E-state index contributed by atoms with van der Waals surface area (Å²) in [4.78, 5) is 18.6. The van der Waals surface area contributed by atoms with E-state index in [4.69, 9.17) is 4.74 Å². The molecular weight excluding hydrogens is 348 g/mol. The maximum Gasteiger partial charge on any atom is 0.277 e. The molecule has 128 valence electrons. The molecule has 1 amide bonds. The Balaban J connectivity index is 1.67. The van der Waals surface area contributed by atoms with Crippen LogP contribution in [-0.4, -0.2) is 55.0 Å². The van der Waals surface area contributed by atoms with Crippen molar-refractivity contribution in [3.8, 4) is 0 Å². The molecule has 0 unspecified atom stereocenters. The van der Waals surface area contributed by atoms with Crippen molar-refractivity contribution >= 4 is 38.4 Å². The summed E-state index contributed by atoms with van der Waals surface area (Å²) >= 11 is 1.39. The van der Waals surface area contributed by atoms with Crippen LogP contribution >= 0.6 is 11.8 Å². The summed E-state index contributed by atoms with van der Waals surface area (Å²) in [5, 5.41) is 0.512. The number of benzene rings is 1. The van der Waals surface area contributed by atoms with Gasteiger partial charge in [-0.2, -0.15) is 4.99 Å². The van der Waals surface area contributed by atoms with Crippen LogP contribution in [0.4, 0.5) is 5.69 Å². The van der Waals surface area contributed by atoms with Crippen LogP contribution in [0, 0.1) is 0 Å². The first-order valence-corrected chi connectivity index (χ1v) is 10.7. The molecule has 0 N–H and O–H groups in total. The van der Waals surface area contributed by atoms with Gasteiger partial charge in [0.05, 0.1) is 17.5 Å². The van der Waals surface area contributed by atoms with Gasteiger partial charge in [-0.3, -0.25) is 4.79 Å². The number of rotatable bonds is 2. The molecule has 0 bridgehead atoms. The molecule has 24 heavy (non-hydrogen) atoms. The number of fused-ring (bicyclic) bond motifs is 1. The summed E-state index contributed by atoms with van der Waals surface area (Å²) in [6.07, 6.45) is 1.12. The SMILES string of the molecule is O=C(N=C1S[C@H]2CS(=O)(=O)C[C@@H]2N1c1ccccc1)[C@H]1CCCO1. The van der Waals surface area contributed by atoms with Crippen molar-refractivity contribution in [1.82, 2.24) is 0 Å². The van der Waals surface area contributed by atoms with Crippen molar-refractivity contribution in [3.63, 3.8) is 0 Å². The summed E-state index contributed by atoms with van der Waals surface area (Å²) in [6, 6.07) is 9.37. The Morgan fingerprint density at radius 2 is 2.04 bits per heavy atom. The third-order valence-corrected chi connectivity index (χ3v) is 7.72. The van der Waals surface area contributed by atoms with Crippen molar-refractivity contribution in [2.45, 2.75) is 30.2 Å². The van der Waals surface area contributed by atoms with Crippen molar-refractivity contribution in [3.05, 3.63) is 30.3 Å². The predicted molar refractivity (Wildman–Crippen MR) is 94.2 cm³/mol. The van der Waals surface area contributed by atoms with Gasteiger partial charge in [0.15, 0.2) is 15.0 Å². The van der Waals surface area contributed by atoms with E-state index >= 15 is 0 Å². The van der Waals surface area contributed by atoms with Crippen LogP contribution in [0.25, 0.3) is 0 Å². The number of ether oxygens (including phenoxy) is 1. The van der Waals surface area contributed by atoms with Gasteiger partial charge in [0.2, 0.25) is 0 Å². The molecule has 0 aromatic heterocycles. The van der Waals surface area contributed by atoms with Crippen LogP contribution < -0.4 is 4.90 Å². The smallest absolute Gasteiger partial charge is 0.277 e. The summed E-state index contributed by atoms with van der Waals surface area (Å²) in [6.45, 7) is 0.598. The Morgan fingerprint density at radius 3 is 2.75 bits per heavy atom. The fourth-order valence-corrected chi connectivity index (χ4v) is 7.31. The number of carbonyl (C=O) groups is 1. The number of amides is 1. The number of hydrogen-bond donors (Lipinski definition) is 0. The molecule has 0 aliphatic carbocycles. The lowest BCUT2D eigenvalue weighted by atomic mass is 10.2. The van der Waals surface area contributed by atoms with Crippen LogP contribution in [0.15, 0.2) is 35.3 Å². The molecule has 0 radical (unpaired) electrons. The number of amidine groups is 1. The zero-order chi connectivity index (χ0) is 16.7. The highest BCUT2D eigenvalue weighted by Gasteiger charge is 2.49. The molecular formula is C16H18N2O4S2. The number of thioether (sulfide) groups is 1. The van der Waals surface area contributed by atoms with Gasteiger partial charge in [0.25, 0.3) is 5.91 Å². The minimum Gasteiger partial charge on any atom is -0.368 e. The monoisotopic (exact) mass is 366 g/mol. The zero-order valence-corrected chi connectivity index (χ0v) is 14.6. The molecule has 3 saturated heterocycles. The highest BCUT2D eigenvalue weighted by Crippen LogP contribution is 2.41. The third kappa shape index (κ3) is 2.98.